The van der Waals surface area contributed by atoms with E-state index in [1.807, 2.05) is 32.9 Å². The highest BCUT2D eigenvalue weighted by Gasteiger charge is 2.30. The molecular weight excluding hydrogens is 333 g/mol. The summed E-state index contributed by atoms with van der Waals surface area (Å²) in [5.41, 5.74) is 2.96. The number of halogens is 3. The second-order valence-corrected chi connectivity index (χ2v) is 6.17. The van der Waals surface area contributed by atoms with Crippen molar-refractivity contribution in [1.82, 2.24) is 5.32 Å². The summed E-state index contributed by atoms with van der Waals surface area (Å²) in [7, 11) is 0. The zero-order chi connectivity index (χ0) is 17.9. The molecule has 0 fully saturated rings. The third kappa shape index (κ3) is 4.71. The lowest BCUT2D eigenvalue weighted by molar-refractivity contribution is -0.137. The number of rotatable bonds is 3. The first-order chi connectivity index (χ1) is 11.2. The largest absolute Gasteiger partial charge is 0.416 e. The third-order valence-corrected chi connectivity index (χ3v) is 3.92. The van der Waals surface area contributed by atoms with Gasteiger partial charge in [0.15, 0.2) is 5.11 Å². The van der Waals surface area contributed by atoms with E-state index in [-0.39, 0.29) is 11.2 Å². The van der Waals surface area contributed by atoms with E-state index in [1.165, 1.54) is 6.07 Å². The van der Waals surface area contributed by atoms with E-state index in [2.05, 4.69) is 16.7 Å². The summed E-state index contributed by atoms with van der Waals surface area (Å²) in [5, 5.41) is 6.20. The van der Waals surface area contributed by atoms with Crippen LogP contribution < -0.4 is 10.6 Å². The van der Waals surface area contributed by atoms with E-state index in [4.69, 9.17) is 12.2 Å². The Bertz CT molecular complexity index is 741. The molecule has 2 aromatic carbocycles. The smallest absolute Gasteiger partial charge is 0.356 e. The number of aryl methyl sites for hydroxylation is 2. The van der Waals surface area contributed by atoms with Crippen LogP contribution in [0.1, 0.15) is 35.2 Å². The summed E-state index contributed by atoms with van der Waals surface area (Å²) >= 11 is 5.22. The predicted octanol–water partition coefficient (Wildman–Crippen LogP) is 5.37. The fourth-order valence-corrected chi connectivity index (χ4v) is 2.74. The Hall–Kier alpha value is -2.08. The highest BCUT2D eigenvalue weighted by atomic mass is 32.1. The maximum absolute atomic E-state index is 12.7. The molecular formula is C18H19F3N2S. The second-order valence-electron chi connectivity index (χ2n) is 5.76. The highest BCUT2D eigenvalue weighted by molar-refractivity contribution is 7.80. The molecule has 2 rings (SSSR count). The molecule has 1 atom stereocenters. The minimum Gasteiger partial charge on any atom is -0.356 e. The molecule has 0 saturated carbocycles. The summed E-state index contributed by atoms with van der Waals surface area (Å²) in [5.74, 6) is 0. The van der Waals surface area contributed by atoms with Crippen molar-refractivity contribution in [2.45, 2.75) is 33.0 Å². The van der Waals surface area contributed by atoms with Gasteiger partial charge in [0, 0.05) is 5.69 Å². The average Bonchev–Trinajstić information content (AvgIpc) is 2.49. The van der Waals surface area contributed by atoms with Gasteiger partial charge in [-0.25, -0.2) is 0 Å². The number of anilines is 1. The molecule has 0 saturated heterocycles. The molecule has 128 valence electrons. The van der Waals surface area contributed by atoms with E-state index in [0.717, 1.165) is 28.8 Å². The Morgan fingerprint density at radius 3 is 2.46 bits per heavy atom. The fourth-order valence-electron chi connectivity index (χ4n) is 2.44. The number of alkyl halides is 3. The lowest BCUT2D eigenvalue weighted by Gasteiger charge is -2.20. The first-order valence-corrected chi connectivity index (χ1v) is 7.89. The SMILES string of the molecule is Cc1ccc(C)c(C(C)NC(=S)Nc2cccc(C(F)(F)F)c2)c1. The number of nitrogens with one attached hydrogen (secondary N) is 2. The lowest BCUT2D eigenvalue weighted by atomic mass is 10.0. The maximum atomic E-state index is 12.7. The Morgan fingerprint density at radius 1 is 1.08 bits per heavy atom. The van der Waals surface area contributed by atoms with Gasteiger partial charge < -0.3 is 10.6 Å². The zero-order valence-electron chi connectivity index (χ0n) is 13.7. The van der Waals surface area contributed by atoms with Gasteiger partial charge in [-0.05, 0) is 62.3 Å². The summed E-state index contributed by atoms with van der Waals surface area (Å²) in [4.78, 5) is 0. The Morgan fingerprint density at radius 2 is 1.79 bits per heavy atom. The molecule has 0 aromatic heterocycles. The number of thiocarbonyl (C=S) groups is 1. The molecule has 0 aliphatic carbocycles. The first-order valence-electron chi connectivity index (χ1n) is 7.49. The van der Waals surface area contributed by atoms with Crippen molar-refractivity contribution < 1.29 is 13.2 Å². The first kappa shape index (κ1) is 18.3. The molecule has 6 heteroatoms. The molecule has 24 heavy (non-hydrogen) atoms. The van der Waals surface area contributed by atoms with Gasteiger partial charge in [-0.1, -0.05) is 29.8 Å². The molecule has 1 unspecified atom stereocenters. The van der Waals surface area contributed by atoms with Gasteiger partial charge in [0.2, 0.25) is 0 Å². The van der Waals surface area contributed by atoms with Crippen LogP contribution in [0.25, 0.3) is 0 Å². The van der Waals surface area contributed by atoms with E-state index in [1.54, 1.807) is 6.07 Å². The highest BCUT2D eigenvalue weighted by Crippen LogP contribution is 2.30. The van der Waals surface area contributed by atoms with Gasteiger partial charge in [0.25, 0.3) is 0 Å². The van der Waals surface area contributed by atoms with Gasteiger partial charge in [-0.3, -0.25) is 0 Å². The molecule has 0 spiro atoms. The van der Waals surface area contributed by atoms with Crippen LogP contribution in [0.3, 0.4) is 0 Å². The topological polar surface area (TPSA) is 24.1 Å². The average molecular weight is 352 g/mol. The van der Waals surface area contributed by atoms with Gasteiger partial charge in [-0.15, -0.1) is 0 Å². The lowest BCUT2D eigenvalue weighted by Crippen LogP contribution is -2.31. The summed E-state index contributed by atoms with van der Waals surface area (Å²) in [6.45, 7) is 5.98. The molecule has 0 amide bonds. The summed E-state index contributed by atoms with van der Waals surface area (Å²) in [6.07, 6.45) is -4.38. The van der Waals surface area contributed by atoms with Gasteiger partial charge in [0.05, 0.1) is 11.6 Å². The monoisotopic (exact) mass is 352 g/mol. The predicted molar refractivity (Wildman–Crippen MR) is 95.1 cm³/mol. The fraction of sp³-hybridized carbons (Fsp3) is 0.278. The van der Waals surface area contributed by atoms with Crippen LogP contribution in [-0.4, -0.2) is 5.11 Å². The Labute approximate surface area is 145 Å². The van der Waals surface area contributed by atoms with Crippen LogP contribution in [-0.2, 0) is 6.18 Å². The van der Waals surface area contributed by atoms with Crippen molar-refractivity contribution in [3.05, 3.63) is 64.7 Å². The van der Waals surface area contributed by atoms with Crippen LogP contribution in [0, 0.1) is 13.8 Å². The van der Waals surface area contributed by atoms with Crippen molar-refractivity contribution >= 4 is 23.0 Å². The van der Waals surface area contributed by atoms with E-state index < -0.39 is 11.7 Å². The number of hydrogen-bond donors (Lipinski definition) is 2. The van der Waals surface area contributed by atoms with E-state index >= 15 is 0 Å². The van der Waals surface area contributed by atoms with Crippen LogP contribution in [0.2, 0.25) is 0 Å². The Balaban J connectivity index is 2.07. The molecule has 0 bridgehead atoms. The quantitative estimate of drug-likeness (QED) is 0.726. The minimum absolute atomic E-state index is 0.0595. The summed E-state index contributed by atoms with van der Waals surface area (Å²) in [6, 6.07) is 11.0. The normalized spacial score (nSPS) is 12.6. The number of benzene rings is 2. The van der Waals surface area contributed by atoms with Gasteiger partial charge in [0.1, 0.15) is 0 Å². The molecule has 0 radical (unpaired) electrons. The molecule has 0 aliphatic rings. The van der Waals surface area contributed by atoms with Crippen LogP contribution >= 0.6 is 12.2 Å². The molecule has 0 heterocycles. The van der Waals surface area contributed by atoms with Crippen LogP contribution in [0.5, 0.6) is 0 Å². The summed E-state index contributed by atoms with van der Waals surface area (Å²) < 4.78 is 38.2. The van der Waals surface area contributed by atoms with Crippen molar-refractivity contribution in [1.29, 1.82) is 0 Å². The van der Waals surface area contributed by atoms with Crippen LogP contribution in [0.4, 0.5) is 18.9 Å². The zero-order valence-corrected chi connectivity index (χ0v) is 14.5. The molecule has 0 aliphatic heterocycles. The van der Waals surface area contributed by atoms with Gasteiger partial charge in [-0.2, -0.15) is 13.2 Å². The maximum Gasteiger partial charge on any atom is 0.416 e. The van der Waals surface area contributed by atoms with Crippen molar-refractivity contribution in [2.75, 3.05) is 5.32 Å². The second kappa shape index (κ2) is 7.21. The van der Waals surface area contributed by atoms with Crippen molar-refractivity contribution in [3.8, 4) is 0 Å². The molecule has 2 aromatic rings. The van der Waals surface area contributed by atoms with Crippen molar-refractivity contribution in [2.24, 2.45) is 0 Å². The standard InChI is InChI=1S/C18H19F3N2S/c1-11-7-8-12(2)16(9-11)13(3)22-17(24)23-15-6-4-5-14(10-15)18(19,20)21/h4-10,13H,1-3H3,(H2,22,23,24). The minimum atomic E-state index is -4.38. The van der Waals surface area contributed by atoms with E-state index in [0.29, 0.717) is 5.69 Å². The van der Waals surface area contributed by atoms with E-state index in [9.17, 15) is 13.2 Å². The third-order valence-electron chi connectivity index (χ3n) is 3.70. The molecule has 2 nitrogen and oxygen atoms in total. The van der Waals surface area contributed by atoms with Gasteiger partial charge >= 0.3 is 6.18 Å². The van der Waals surface area contributed by atoms with Crippen LogP contribution in [0.15, 0.2) is 42.5 Å². The van der Waals surface area contributed by atoms with Crippen molar-refractivity contribution in [3.63, 3.8) is 0 Å². The molecule has 2 N–H and O–H groups in total. The number of hydrogen-bond acceptors (Lipinski definition) is 1. The Kier molecular flexibility index (Phi) is 5.49.